The lowest BCUT2D eigenvalue weighted by Crippen LogP contribution is -2.24. The molecule has 1 N–H and O–H groups in total. The number of nitrogens with one attached hydrogen (secondary N) is 1. The molecule has 0 spiro atoms. The first-order chi connectivity index (χ1) is 9.69. The molecule has 0 radical (unpaired) electrons. The largest absolute Gasteiger partial charge is 0.497 e. The maximum atomic E-state index is 11.8. The molecule has 0 bridgehead atoms. The summed E-state index contributed by atoms with van der Waals surface area (Å²) in [5, 5.41) is 11.2. The van der Waals surface area contributed by atoms with E-state index in [1.807, 2.05) is 31.3 Å². The number of rotatable bonds is 6. The van der Waals surface area contributed by atoms with Gasteiger partial charge in [-0.2, -0.15) is 0 Å². The van der Waals surface area contributed by atoms with Crippen LogP contribution in [0.15, 0.2) is 35.7 Å². The van der Waals surface area contributed by atoms with E-state index in [-0.39, 0.29) is 5.91 Å². The van der Waals surface area contributed by atoms with Crippen LogP contribution in [0, 0.1) is 0 Å². The van der Waals surface area contributed by atoms with Gasteiger partial charge in [-0.05, 0) is 17.7 Å². The lowest BCUT2D eigenvalue weighted by atomic mass is 10.2. The fraction of sp³-hybridized carbons (Fsp3) is 0.308. The monoisotopic (exact) mass is 292 g/mol. The van der Waals surface area contributed by atoms with E-state index in [4.69, 9.17) is 4.74 Å². The Morgan fingerprint density at radius 3 is 3.05 bits per heavy atom. The van der Waals surface area contributed by atoms with Crippen LogP contribution in [-0.4, -0.2) is 33.5 Å². The first-order valence-electron chi connectivity index (χ1n) is 6.05. The Morgan fingerprint density at radius 1 is 1.50 bits per heavy atom. The van der Waals surface area contributed by atoms with Crippen molar-refractivity contribution in [2.24, 2.45) is 7.05 Å². The highest BCUT2D eigenvalue weighted by atomic mass is 32.2. The summed E-state index contributed by atoms with van der Waals surface area (Å²) in [6.45, 7) is 0.482. The molecule has 0 aliphatic carbocycles. The Hall–Kier alpha value is -2.02. The SMILES string of the molecule is COc1cccc(CNC(=O)CSc2nncn2C)c1. The number of ether oxygens (including phenoxy) is 1. The zero-order valence-corrected chi connectivity index (χ0v) is 12.2. The number of hydrogen-bond donors (Lipinski definition) is 1. The quantitative estimate of drug-likeness (QED) is 0.811. The van der Waals surface area contributed by atoms with Crippen molar-refractivity contribution in [3.05, 3.63) is 36.2 Å². The van der Waals surface area contributed by atoms with Crippen molar-refractivity contribution < 1.29 is 9.53 Å². The van der Waals surface area contributed by atoms with Gasteiger partial charge < -0.3 is 14.6 Å². The molecular formula is C13H16N4O2S. The highest BCUT2D eigenvalue weighted by Gasteiger charge is 2.06. The molecule has 2 aromatic rings. The molecule has 1 heterocycles. The van der Waals surface area contributed by atoms with E-state index in [9.17, 15) is 4.79 Å². The van der Waals surface area contributed by atoms with Crippen molar-refractivity contribution >= 4 is 17.7 Å². The lowest BCUT2D eigenvalue weighted by molar-refractivity contribution is -0.118. The van der Waals surface area contributed by atoms with Crippen LogP contribution in [0.3, 0.4) is 0 Å². The molecule has 0 saturated heterocycles. The predicted octanol–water partition coefficient (Wildman–Crippen LogP) is 1.23. The number of aryl methyl sites for hydroxylation is 1. The van der Waals surface area contributed by atoms with Crippen LogP contribution in [0.5, 0.6) is 5.75 Å². The summed E-state index contributed by atoms with van der Waals surface area (Å²) >= 11 is 1.36. The van der Waals surface area contributed by atoms with Crippen LogP contribution in [0.4, 0.5) is 0 Å². The summed E-state index contributed by atoms with van der Waals surface area (Å²) in [6, 6.07) is 7.61. The number of benzene rings is 1. The van der Waals surface area contributed by atoms with Crippen molar-refractivity contribution in [2.45, 2.75) is 11.7 Å². The Labute approximate surface area is 121 Å². The molecule has 0 fully saturated rings. The Kier molecular flexibility index (Phi) is 5.00. The van der Waals surface area contributed by atoms with Crippen LogP contribution >= 0.6 is 11.8 Å². The smallest absolute Gasteiger partial charge is 0.230 e. The van der Waals surface area contributed by atoms with Crippen LogP contribution in [0.25, 0.3) is 0 Å². The zero-order chi connectivity index (χ0) is 14.4. The molecule has 20 heavy (non-hydrogen) atoms. The van der Waals surface area contributed by atoms with Gasteiger partial charge in [0.1, 0.15) is 12.1 Å². The molecule has 0 aliphatic heterocycles. The second-order valence-electron chi connectivity index (χ2n) is 4.14. The topological polar surface area (TPSA) is 69.0 Å². The number of nitrogens with zero attached hydrogens (tertiary/aromatic N) is 3. The first kappa shape index (κ1) is 14.4. The Balaban J connectivity index is 1.78. The minimum atomic E-state index is -0.0409. The highest BCUT2D eigenvalue weighted by Crippen LogP contribution is 2.14. The minimum Gasteiger partial charge on any atom is -0.497 e. The van der Waals surface area contributed by atoms with Gasteiger partial charge in [0, 0.05) is 13.6 Å². The van der Waals surface area contributed by atoms with Gasteiger partial charge in [-0.3, -0.25) is 4.79 Å². The second kappa shape index (κ2) is 6.95. The third-order valence-corrected chi connectivity index (χ3v) is 3.66. The molecule has 106 valence electrons. The highest BCUT2D eigenvalue weighted by molar-refractivity contribution is 7.99. The summed E-state index contributed by atoms with van der Waals surface area (Å²) in [5.41, 5.74) is 1.00. The zero-order valence-electron chi connectivity index (χ0n) is 11.4. The summed E-state index contributed by atoms with van der Waals surface area (Å²) in [7, 11) is 3.46. The summed E-state index contributed by atoms with van der Waals surface area (Å²) in [5.74, 6) is 1.06. The summed E-state index contributed by atoms with van der Waals surface area (Å²) in [6.07, 6.45) is 1.61. The molecular weight excluding hydrogens is 276 g/mol. The van der Waals surface area contributed by atoms with Crippen molar-refractivity contribution in [2.75, 3.05) is 12.9 Å². The average molecular weight is 292 g/mol. The molecule has 6 nitrogen and oxygen atoms in total. The predicted molar refractivity (Wildman–Crippen MR) is 76.6 cm³/mol. The van der Waals surface area contributed by atoms with Crippen LogP contribution in [0.1, 0.15) is 5.56 Å². The lowest BCUT2D eigenvalue weighted by Gasteiger charge is -2.06. The van der Waals surface area contributed by atoms with E-state index in [0.717, 1.165) is 16.5 Å². The van der Waals surface area contributed by atoms with Gasteiger partial charge in [-0.1, -0.05) is 23.9 Å². The van der Waals surface area contributed by atoms with Crippen molar-refractivity contribution in [3.8, 4) is 5.75 Å². The molecule has 1 aromatic carbocycles. The average Bonchev–Trinajstić information content (AvgIpc) is 2.88. The normalized spacial score (nSPS) is 10.3. The van der Waals surface area contributed by atoms with Crippen molar-refractivity contribution in [1.29, 1.82) is 0 Å². The van der Waals surface area contributed by atoms with Crippen LogP contribution in [-0.2, 0) is 18.4 Å². The van der Waals surface area contributed by atoms with Crippen LogP contribution < -0.4 is 10.1 Å². The van der Waals surface area contributed by atoms with E-state index in [1.165, 1.54) is 11.8 Å². The van der Waals surface area contributed by atoms with Gasteiger partial charge in [0.25, 0.3) is 0 Å². The fourth-order valence-electron chi connectivity index (χ4n) is 1.57. The maximum absolute atomic E-state index is 11.8. The van der Waals surface area contributed by atoms with Gasteiger partial charge in [0.2, 0.25) is 5.91 Å². The van der Waals surface area contributed by atoms with Gasteiger partial charge in [0.05, 0.1) is 12.9 Å². The molecule has 0 atom stereocenters. The standard InChI is InChI=1S/C13H16N4O2S/c1-17-9-15-16-13(17)20-8-12(18)14-7-10-4-3-5-11(6-10)19-2/h3-6,9H,7-8H2,1-2H3,(H,14,18). The second-order valence-corrected chi connectivity index (χ2v) is 5.08. The summed E-state index contributed by atoms with van der Waals surface area (Å²) in [4.78, 5) is 11.8. The van der Waals surface area contributed by atoms with E-state index >= 15 is 0 Å². The van der Waals surface area contributed by atoms with Gasteiger partial charge >= 0.3 is 0 Å². The van der Waals surface area contributed by atoms with E-state index in [0.29, 0.717) is 12.3 Å². The van der Waals surface area contributed by atoms with E-state index < -0.39 is 0 Å². The maximum Gasteiger partial charge on any atom is 0.230 e. The third-order valence-electron chi connectivity index (χ3n) is 2.63. The van der Waals surface area contributed by atoms with Crippen molar-refractivity contribution in [1.82, 2.24) is 20.1 Å². The fourth-order valence-corrected chi connectivity index (χ4v) is 2.29. The van der Waals surface area contributed by atoms with E-state index in [1.54, 1.807) is 18.0 Å². The first-order valence-corrected chi connectivity index (χ1v) is 7.04. The van der Waals surface area contributed by atoms with Gasteiger partial charge in [-0.15, -0.1) is 10.2 Å². The molecule has 7 heteroatoms. The number of amides is 1. The summed E-state index contributed by atoms with van der Waals surface area (Å²) < 4.78 is 6.91. The third kappa shape index (κ3) is 3.99. The molecule has 1 amide bonds. The number of carbonyl (C=O) groups excluding carboxylic acids is 1. The van der Waals surface area contributed by atoms with Gasteiger partial charge in [-0.25, -0.2) is 0 Å². The number of aromatic nitrogens is 3. The number of hydrogen-bond acceptors (Lipinski definition) is 5. The molecule has 2 rings (SSSR count). The Bertz CT molecular complexity index is 585. The minimum absolute atomic E-state index is 0.0409. The molecule has 1 aromatic heterocycles. The number of methoxy groups -OCH3 is 1. The van der Waals surface area contributed by atoms with Gasteiger partial charge in [0.15, 0.2) is 5.16 Å². The Morgan fingerprint density at radius 2 is 2.35 bits per heavy atom. The number of thioether (sulfide) groups is 1. The van der Waals surface area contributed by atoms with Crippen LogP contribution in [0.2, 0.25) is 0 Å². The van der Waals surface area contributed by atoms with Crippen molar-refractivity contribution in [3.63, 3.8) is 0 Å². The van der Waals surface area contributed by atoms with E-state index in [2.05, 4.69) is 15.5 Å². The molecule has 0 aliphatic rings. The molecule has 0 unspecified atom stereocenters. The molecule has 0 saturated carbocycles. The number of carbonyl (C=O) groups is 1.